The summed E-state index contributed by atoms with van der Waals surface area (Å²) in [6, 6.07) is 85.3. The average Bonchev–Trinajstić information content (AvgIpc) is 3.72. The maximum Gasteiger partial charge on any atom is 0.193 e. The van der Waals surface area contributed by atoms with Crippen LogP contribution >= 0.6 is 0 Å². The fourth-order valence-electron chi connectivity index (χ4n) is 10.7. The molecule has 0 unspecified atom stereocenters. The number of carbonyl (C=O) groups is 1. The van der Waals surface area contributed by atoms with E-state index in [4.69, 9.17) is 4.74 Å². The fourth-order valence-corrected chi connectivity index (χ4v) is 10.7. The summed E-state index contributed by atoms with van der Waals surface area (Å²) in [5.74, 6) is 1.61. The fraction of sp³-hybridized carbons (Fsp3) is 0.0161. The van der Waals surface area contributed by atoms with E-state index in [2.05, 4.69) is 222 Å². The average molecular weight is 845 g/mol. The van der Waals surface area contributed by atoms with Crippen molar-refractivity contribution in [3.63, 3.8) is 0 Å². The molecule has 310 valence electrons. The first-order valence-electron chi connectivity index (χ1n) is 22.5. The molecular weight excluding hydrogens is 805 g/mol. The van der Waals surface area contributed by atoms with Gasteiger partial charge < -0.3 is 14.2 Å². The van der Waals surface area contributed by atoms with Gasteiger partial charge in [-0.25, -0.2) is 0 Å². The highest BCUT2D eigenvalue weighted by molar-refractivity contribution is 6.14. The van der Waals surface area contributed by atoms with Gasteiger partial charge >= 0.3 is 0 Å². The summed E-state index contributed by atoms with van der Waals surface area (Å²) in [5.41, 5.74) is 15.6. The van der Waals surface area contributed by atoms with E-state index in [1.165, 1.54) is 21.8 Å². The van der Waals surface area contributed by atoms with E-state index in [-0.39, 0.29) is 5.78 Å². The van der Waals surface area contributed by atoms with E-state index in [0.717, 1.165) is 84.3 Å². The van der Waals surface area contributed by atoms with Crippen molar-refractivity contribution >= 4 is 44.7 Å². The largest absolute Gasteiger partial charge is 0.453 e. The van der Waals surface area contributed by atoms with Crippen molar-refractivity contribution < 1.29 is 9.53 Å². The van der Waals surface area contributed by atoms with Crippen LogP contribution in [0, 0.1) is 0 Å². The standard InChI is InChI=1S/C62H40N2O2/c65-61-50-26-10-12-27-53(50)62(45-18-4-1-5-19-45,46-20-6-2-7-21-46)54-39-43(31-34-51(54)61)41-17-16-24-48(37-41)64-57-29-14-15-30-59(57)66-60-40-44(33-36-58(60)64)42-32-35-56-52(38-42)49-25-11-13-28-55(49)63(56)47-22-8-3-9-23-47/h1-40H. The summed E-state index contributed by atoms with van der Waals surface area (Å²) in [6.45, 7) is 0. The summed E-state index contributed by atoms with van der Waals surface area (Å²) < 4.78 is 9.10. The van der Waals surface area contributed by atoms with Gasteiger partial charge in [0.1, 0.15) is 0 Å². The molecule has 1 aliphatic heterocycles. The van der Waals surface area contributed by atoms with Gasteiger partial charge in [-0.1, -0.05) is 170 Å². The van der Waals surface area contributed by atoms with Crippen molar-refractivity contribution in [1.29, 1.82) is 0 Å². The normalized spacial score (nSPS) is 13.4. The van der Waals surface area contributed by atoms with Crippen LogP contribution in [0.5, 0.6) is 11.5 Å². The van der Waals surface area contributed by atoms with Gasteiger partial charge in [-0.05, 0) is 117 Å². The number of para-hydroxylation sites is 4. The van der Waals surface area contributed by atoms with Crippen molar-refractivity contribution in [2.45, 2.75) is 5.41 Å². The first kappa shape index (κ1) is 37.8. The summed E-state index contributed by atoms with van der Waals surface area (Å²) in [4.78, 5) is 16.8. The first-order valence-corrected chi connectivity index (χ1v) is 22.5. The number of benzene rings is 10. The van der Waals surface area contributed by atoms with E-state index < -0.39 is 5.41 Å². The van der Waals surface area contributed by atoms with E-state index in [1.54, 1.807) is 0 Å². The van der Waals surface area contributed by atoms with Gasteiger partial charge in [0, 0.05) is 33.3 Å². The van der Waals surface area contributed by atoms with Crippen molar-refractivity contribution in [3.05, 3.63) is 276 Å². The van der Waals surface area contributed by atoms with Crippen LogP contribution in [0.3, 0.4) is 0 Å². The van der Waals surface area contributed by atoms with Crippen LogP contribution in [0.15, 0.2) is 243 Å². The monoisotopic (exact) mass is 844 g/mol. The van der Waals surface area contributed by atoms with Crippen molar-refractivity contribution in [2.75, 3.05) is 4.90 Å². The molecule has 0 fully saturated rings. The lowest BCUT2D eigenvalue weighted by molar-refractivity contribution is 0.103. The second-order valence-electron chi connectivity index (χ2n) is 17.2. The van der Waals surface area contributed by atoms with Crippen molar-refractivity contribution in [1.82, 2.24) is 4.57 Å². The van der Waals surface area contributed by atoms with Gasteiger partial charge in [-0.15, -0.1) is 0 Å². The van der Waals surface area contributed by atoms with Crippen LogP contribution in [-0.2, 0) is 5.41 Å². The number of aromatic nitrogens is 1. The first-order chi connectivity index (χ1) is 32.6. The Balaban J connectivity index is 0.934. The van der Waals surface area contributed by atoms with Crippen LogP contribution in [0.4, 0.5) is 17.1 Å². The number of anilines is 3. The molecule has 66 heavy (non-hydrogen) atoms. The Hall–Kier alpha value is -8.73. The third-order valence-corrected chi connectivity index (χ3v) is 13.6. The number of rotatable bonds is 6. The Bertz CT molecular complexity index is 3660. The Morgan fingerprint density at radius 2 is 0.939 bits per heavy atom. The molecule has 0 N–H and O–H groups in total. The molecule has 13 rings (SSSR count). The molecule has 2 heterocycles. The lowest BCUT2D eigenvalue weighted by atomic mass is 9.59. The molecule has 0 bridgehead atoms. The lowest BCUT2D eigenvalue weighted by Crippen LogP contribution is -2.38. The Morgan fingerprint density at radius 1 is 0.364 bits per heavy atom. The quantitative estimate of drug-likeness (QED) is 0.167. The number of hydrogen-bond donors (Lipinski definition) is 0. The highest BCUT2D eigenvalue weighted by Crippen LogP contribution is 2.54. The Kier molecular flexibility index (Phi) is 8.55. The molecule has 0 saturated carbocycles. The molecule has 0 amide bonds. The van der Waals surface area contributed by atoms with E-state index >= 15 is 0 Å². The number of nitrogens with zero attached hydrogens (tertiary/aromatic N) is 2. The number of fused-ring (bicyclic) bond motifs is 7. The van der Waals surface area contributed by atoms with Gasteiger partial charge in [0.2, 0.25) is 0 Å². The SMILES string of the molecule is O=C1c2ccccc2C(c2ccccc2)(c2ccccc2)c2cc(-c3cccc(N4c5ccccc5Oc5cc(-c6ccc7c(c6)c6ccccc6n7-c6ccccc6)ccc54)c3)ccc21. The highest BCUT2D eigenvalue weighted by Gasteiger charge is 2.46. The van der Waals surface area contributed by atoms with Crippen molar-refractivity contribution in [3.8, 4) is 39.4 Å². The Morgan fingerprint density at radius 3 is 1.76 bits per heavy atom. The zero-order valence-electron chi connectivity index (χ0n) is 35.8. The molecule has 1 aromatic heterocycles. The molecule has 10 aromatic carbocycles. The summed E-state index contributed by atoms with van der Waals surface area (Å²) >= 11 is 0. The van der Waals surface area contributed by atoms with Gasteiger partial charge in [0.25, 0.3) is 0 Å². The summed E-state index contributed by atoms with van der Waals surface area (Å²) in [5, 5.41) is 2.42. The molecule has 2 aliphatic rings. The third kappa shape index (κ3) is 5.68. The molecular formula is C62H40N2O2. The number of ether oxygens (including phenoxy) is 1. The van der Waals surface area contributed by atoms with Gasteiger partial charge in [-0.3, -0.25) is 4.79 Å². The van der Waals surface area contributed by atoms with Crippen LogP contribution < -0.4 is 9.64 Å². The zero-order valence-corrected chi connectivity index (χ0v) is 35.8. The number of ketones is 1. The highest BCUT2D eigenvalue weighted by atomic mass is 16.5. The van der Waals surface area contributed by atoms with Crippen LogP contribution in [0.25, 0.3) is 49.7 Å². The van der Waals surface area contributed by atoms with Crippen LogP contribution in [0.1, 0.15) is 38.2 Å². The number of carbonyl (C=O) groups excluding carboxylic acids is 1. The van der Waals surface area contributed by atoms with Crippen LogP contribution in [0.2, 0.25) is 0 Å². The topological polar surface area (TPSA) is 34.5 Å². The molecule has 0 radical (unpaired) electrons. The minimum absolute atomic E-state index is 0.0446. The van der Waals surface area contributed by atoms with Crippen LogP contribution in [-0.4, -0.2) is 10.4 Å². The molecule has 11 aromatic rings. The predicted octanol–water partition coefficient (Wildman–Crippen LogP) is 15.6. The number of hydrogen-bond acceptors (Lipinski definition) is 3. The predicted molar refractivity (Wildman–Crippen MR) is 268 cm³/mol. The van der Waals surface area contributed by atoms with E-state index in [0.29, 0.717) is 5.56 Å². The molecule has 1 aliphatic carbocycles. The molecule has 4 heteroatoms. The summed E-state index contributed by atoms with van der Waals surface area (Å²) in [6.07, 6.45) is 0. The Labute approximate surface area is 382 Å². The van der Waals surface area contributed by atoms with Gasteiger partial charge in [-0.2, -0.15) is 0 Å². The second kappa shape index (κ2) is 14.9. The summed E-state index contributed by atoms with van der Waals surface area (Å²) in [7, 11) is 0. The molecule has 0 atom stereocenters. The maximum absolute atomic E-state index is 14.5. The van der Waals surface area contributed by atoms with Gasteiger partial charge in [0.15, 0.2) is 17.3 Å². The molecule has 0 saturated heterocycles. The van der Waals surface area contributed by atoms with Gasteiger partial charge in [0.05, 0.1) is 27.8 Å². The minimum Gasteiger partial charge on any atom is -0.453 e. The lowest BCUT2D eigenvalue weighted by Gasteiger charge is -2.42. The maximum atomic E-state index is 14.5. The van der Waals surface area contributed by atoms with E-state index in [1.807, 2.05) is 30.3 Å². The van der Waals surface area contributed by atoms with E-state index in [9.17, 15) is 4.79 Å². The molecule has 4 nitrogen and oxygen atoms in total. The molecule has 0 spiro atoms. The third-order valence-electron chi connectivity index (χ3n) is 13.6. The smallest absolute Gasteiger partial charge is 0.193 e. The van der Waals surface area contributed by atoms with Crippen molar-refractivity contribution in [2.24, 2.45) is 0 Å². The zero-order chi connectivity index (χ0) is 43.8. The minimum atomic E-state index is -0.723. The second-order valence-corrected chi connectivity index (χ2v) is 17.2.